The van der Waals surface area contributed by atoms with Crippen LogP contribution in [0, 0.1) is 0 Å². The highest BCUT2D eigenvalue weighted by molar-refractivity contribution is 6.42. The van der Waals surface area contributed by atoms with Crippen LogP contribution in [-0.2, 0) is 4.79 Å². The van der Waals surface area contributed by atoms with E-state index in [-0.39, 0.29) is 26.6 Å². The standard InChI is InChI=1S/C10H9Cl3O4/c1-4(10(14)15)17-9-6(12)3-5(11)8(16-2)7(9)13/h3-4H,1-2H3,(H,14,15)/t4-/m0/s1. The first-order valence-electron chi connectivity index (χ1n) is 4.49. The summed E-state index contributed by atoms with van der Waals surface area (Å²) in [5, 5.41) is 9.12. The molecule has 1 aromatic rings. The SMILES string of the molecule is COc1c(Cl)cc(Cl)c(O[C@@H](C)C(=O)O)c1Cl. The Morgan fingerprint density at radius 3 is 2.29 bits per heavy atom. The maximum Gasteiger partial charge on any atom is 0.344 e. The molecule has 0 saturated carbocycles. The molecule has 0 saturated heterocycles. The Bertz CT molecular complexity index is 448. The Hall–Kier alpha value is -0.840. The third-order valence-electron chi connectivity index (χ3n) is 1.93. The van der Waals surface area contributed by atoms with E-state index in [1.165, 1.54) is 20.1 Å². The van der Waals surface area contributed by atoms with E-state index in [4.69, 9.17) is 49.4 Å². The van der Waals surface area contributed by atoms with Crippen LogP contribution in [0.25, 0.3) is 0 Å². The highest BCUT2D eigenvalue weighted by Crippen LogP contribution is 2.44. The topological polar surface area (TPSA) is 55.8 Å². The number of rotatable bonds is 4. The van der Waals surface area contributed by atoms with Gasteiger partial charge in [-0.1, -0.05) is 34.8 Å². The fourth-order valence-electron chi connectivity index (χ4n) is 1.08. The number of ether oxygens (including phenoxy) is 2. The second-order valence-electron chi connectivity index (χ2n) is 3.11. The van der Waals surface area contributed by atoms with Crippen molar-refractivity contribution in [3.05, 3.63) is 21.1 Å². The number of hydrogen-bond donors (Lipinski definition) is 1. The molecule has 94 valence electrons. The van der Waals surface area contributed by atoms with Crippen molar-refractivity contribution in [1.82, 2.24) is 0 Å². The molecule has 4 nitrogen and oxygen atoms in total. The van der Waals surface area contributed by atoms with Crippen LogP contribution in [0.1, 0.15) is 6.92 Å². The Balaban J connectivity index is 3.20. The molecule has 17 heavy (non-hydrogen) atoms. The molecule has 0 spiro atoms. The van der Waals surface area contributed by atoms with Crippen LogP contribution < -0.4 is 9.47 Å². The number of aliphatic carboxylic acids is 1. The van der Waals surface area contributed by atoms with E-state index in [1.54, 1.807) is 0 Å². The van der Waals surface area contributed by atoms with Crippen molar-refractivity contribution in [3.8, 4) is 11.5 Å². The van der Waals surface area contributed by atoms with Crippen LogP contribution in [0.15, 0.2) is 6.07 Å². The predicted octanol–water partition coefficient (Wildman–Crippen LogP) is 3.51. The van der Waals surface area contributed by atoms with Crippen molar-refractivity contribution in [2.75, 3.05) is 7.11 Å². The number of carbonyl (C=O) groups is 1. The maximum absolute atomic E-state index is 10.7. The van der Waals surface area contributed by atoms with Gasteiger partial charge in [0.15, 0.2) is 17.6 Å². The van der Waals surface area contributed by atoms with Gasteiger partial charge in [-0.2, -0.15) is 0 Å². The fourth-order valence-corrected chi connectivity index (χ4v) is 2.08. The lowest BCUT2D eigenvalue weighted by atomic mass is 10.3. The van der Waals surface area contributed by atoms with Crippen molar-refractivity contribution in [3.63, 3.8) is 0 Å². The zero-order valence-corrected chi connectivity index (χ0v) is 11.2. The molecule has 0 bridgehead atoms. The van der Waals surface area contributed by atoms with E-state index in [2.05, 4.69) is 0 Å². The zero-order chi connectivity index (χ0) is 13.2. The first-order valence-corrected chi connectivity index (χ1v) is 5.62. The molecule has 1 rings (SSSR count). The number of carboxylic acid groups (broad SMARTS) is 1. The normalized spacial score (nSPS) is 12.1. The molecule has 0 aliphatic heterocycles. The second kappa shape index (κ2) is 5.67. The Labute approximate surface area is 113 Å². The molecule has 0 heterocycles. The van der Waals surface area contributed by atoms with Crippen LogP contribution in [0.4, 0.5) is 0 Å². The largest absolute Gasteiger partial charge is 0.493 e. The number of methoxy groups -OCH3 is 1. The molecule has 0 fully saturated rings. The molecular formula is C10H9Cl3O4. The number of benzene rings is 1. The third-order valence-corrected chi connectivity index (χ3v) is 2.84. The summed E-state index contributed by atoms with van der Waals surface area (Å²) < 4.78 is 10.1. The summed E-state index contributed by atoms with van der Waals surface area (Å²) in [7, 11) is 1.38. The lowest BCUT2D eigenvalue weighted by Gasteiger charge is -2.16. The van der Waals surface area contributed by atoms with E-state index in [1.807, 2.05) is 0 Å². The third kappa shape index (κ3) is 3.09. The average Bonchev–Trinajstić information content (AvgIpc) is 2.24. The maximum atomic E-state index is 10.7. The van der Waals surface area contributed by atoms with Crippen LogP contribution in [0.5, 0.6) is 11.5 Å². The lowest BCUT2D eigenvalue weighted by Crippen LogP contribution is -2.23. The van der Waals surface area contributed by atoms with Gasteiger partial charge >= 0.3 is 5.97 Å². The van der Waals surface area contributed by atoms with E-state index >= 15 is 0 Å². The molecule has 1 atom stereocenters. The minimum absolute atomic E-state index is 0.0319. The van der Waals surface area contributed by atoms with Gasteiger partial charge in [0.1, 0.15) is 5.02 Å². The van der Waals surface area contributed by atoms with Gasteiger partial charge in [-0.3, -0.25) is 0 Å². The van der Waals surface area contributed by atoms with Crippen molar-refractivity contribution in [2.24, 2.45) is 0 Å². The lowest BCUT2D eigenvalue weighted by molar-refractivity contribution is -0.144. The molecule has 1 aromatic carbocycles. The van der Waals surface area contributed by atoms with Crippen LogP contribution >= 0.6 is 34.8 Å². The molecule has 0 aliphatic rings. The Morgan fingerprint density at radius 2 is 1.82 bits per heavy atom. The van der Waals surface area contributed by atoms with Gasteiger partial charge in [-0.15, -0.1) is 0 Å². The summed E-state index contributed by atoms with van der Waals surface area (Å²) in [6.45, 7) is 1.36. The predicted molar refractivity (Wildman–Crippen MR) is 65.7 cm³/mol. The van der Waals surface area contributed by atoms with Gasteiger partial charge in [0, 0.05) is 0 Å². The summed E-state index contributed by atoms with van der Waals surface area (Å²) in [5.41, 5.74) is 0. The average molecular weight is 300 g/mol. The molecule has 0 amide bonds. The van der Waals surface area contributed by atoms with Crippen LogP contribution in [-0.4, -0.2) is 24.3 Å². The Kier molecular flexibility index (Phi) is 4.74. The molecule has 0 aliphatic carbocycles. The number of carboxylic acids is 1. The van der Waals surface area contributed by atoms with Crippen LogP contribution in [0.3, 0.4) is 0 Å². The fraction of sp³-hybridized carbons (Fsp3) is 0.300. The monoisotopic (exact) mass is 298 g/mol. The van der Waals surface area contributed by atoms with Gasteiger partial charge < -0.3 is 14.6 Å². The van der Waals surface area contributed by atoms with Crippen molar-refractivity contribution >= 4 is 40.8 Å². The molecule has 0 aromatic heterocycles. The second-order valence-corrected chi connectivity index (χ2v) is 4.31. The van der Waals surface area contributed by atoms with Gasteiger partial charge in [0.2, 0.25) is 0 Å². The van der Waals surface area contributed by atoms with Crippen molar-refractivity contribution in [2.45, 2.75) is 13.0 Å². The first kappa shape index (κ1) is 14.2. The van der Waals surface area contributed by atoms with Crippen LogP contribution in [0.2, 0.25) is 15.1 Å². The van der Waals surface area contributed by atoms with E-state index in [0.29, 0.717) is 0 Å². The van der Waals surface area contributed by atoms with Gasteiger partial charge in [0.25, 0.3) is 0 Å². The summed E-state index contributed by atoms with van der Waals surface area (Å²) >= 11 is 17.7. The Morgan fingerprint density at radius 1 is 1.29 bits per heavy atom. The van der Waals surface area contributed by atoms with E-state index in [9.17, 15) is 4.79 Å². The molecular weight excluding hydrogens is 290 g/mol. The molecule has 7 heteroatoms. The highest BCUT2D eigenvalue weighted by Gasteiger charge is 2.21. The minimum atomic E-state index is -1.13. The van der Waals surface area contributed by atoms with Crippen molar-refractivity contribution < 1.29 is 19.4 Å². The number of halogens is 3. The highest BCUT2D eigenvalue weighted by atomic mass is 35.5. The zero-order valence-electron chi connectivity index (χ0n) is 8.96. The summed E-state index contributed by atoms with van der Waals surface area (Å²) in [6, 6.07) is 1.37. The minimum Gasteiger partial charge on any atom is -0.493 e. The molecule has 0 radical (unpaired) electrons. The van der Waals surface area contributed by atoms with E-state index < -0.39 is 12.1 Å². The summed E-state index contributed by atoms with van der Waals surface area (Å²) in [4.78, 5) is 10.7. The molecule has 1 N–H and O–H groups in total. The van der Waals surface area contributed by atoms with Gasteiger partial charge in [0.05, 0.1) is 17.2 Å². The smallest absolute Gasteiger partial charge is 0.344 e. The van der Waals surface area contributed by atoms with Crippen molar-refractivity contribution in [1.29, 1.82) is 0 Å². The van der Waals surface area contributed by atoms with Gasteiger partial charge in [-0.25, -0.2) is 4.79 Å². The summed E-state index contributed by atoms with van der Waals surface area (Å²) in [5.74, 6) is -0.916. The van der Waals surface area contributed by atoms with E-state index in [0.717, 1.165) is 0 Å². The first-order chi connectivity index (χ1) is 7.88. The molecule has 0 unspecified atom stereocenters. The number of hydrogen-bond acceptors (Lipinski definition) is 3. The summed E-state index contributed by atoms with van der Waals surface area (Å²) in [6.07, 6.45) is -1.09. The van der Waals surface area contributed by atoms with Gasteiger partial charge in [-0.05, 0) is 13.0 Å². The quantitative estimate of drug-likeness (QED) is 0.924.